The number of carbonyl (C=O) groups is 1. The molecule has 0 spiro atoms. The van der Waals surface area contributed by atoms with E-state index in [1.165, 1.54) is 17.0 Å². The van der Waals surface area contributed by atoms with E-state index in [9.17, 15) is 13.6 Å². The van der Waals surface area contributed by atoms with Crippen molar-refractivity contribution in [2.24, 2.45) is 0 Å². The second kappa shape index (κ2) is 5.77. The van der Waals surface area contributed by atoms with Crippen LogP contribution in [0.5, 0.6) is 0 Å². The molecule has 0 saturated carbocycles. The van der Waals surface area contributed by atoms with Crippen LogP contribution in [0.1, 0.15) is 17.2 Å². The van der Waals surface area contributed by atoms with Crippen molar-refractivity contribution in [1.29, 1.82) is 0 Å². The zero-order valence-corrected chi connectivity index (χ0v) is 11.2. The normalized spacial score (nSPS) is 10.6. The van der Waals surface area contributed by atoms with Crippen molar-refractivity contribution in [3.63, 3.8) is 0 Å². The molecule has 0 radical (unpaired) electrons. The van der Waals surface area contributed by atoms with Crippen molar-refractivity contribution in [1.82, 2.24) is 20.1 Å². The minimum atomic E-state index is -0.983. The zero-order valence-electron chi connectivity index (χ0n) is 11.2. The molecule has 0 bridgehead atoms. The highest BCUT2D eigenvalue weighted by molar-refractivity contribution is 5.78. The molecule has 0 aliphatic carbocycles. The fourth-order valence-electron chi connectivity index (χ4n) is 1.74. The first-order chi connectivity index (χ1) is 9.47. The molecule has 0 saturated heterocycles. The van der Waals surface area contributed by atoms with Crippen LogP contribution in [-0.2, 0) is 17.8 Å². The zero-order chi connectivity index (χ0) is 14.7. The molecule has 20 heavy (non-hydrogen) atoms. The predicted molar refractivity (Wildman–Crippen MR) is 67.7 cm³/mol. The van der Waals surface area contributed by atoms with Crippen LogP contribution in [0.3, 0.4) is 0 Å². The number of likely N-dealkylation sites (N-methyl/N-ethyl adjacent to an activating group) is 1. The summed E-state index contributed by atoms with van der Waals surface area (Å²) >= 11 is 0. The van der Waals surface area contributed by atoms with E-state index in [0.29, 0.717) is 11.6 Å². The van der Waals surface area contributed by atoms with Crippen LogP contribution in [0.2, 0.25) is 0 Å². The standard InChI is InChI=1S/C13H14F2N4O/c1-8-16-11(18-17-8)7-19(2)12(20)6-9-4-3-5-10(14)13(9)15/h3-5H,6-7H2,1-2H3,(H,16,17,18). The van der Waals surface area contributed by atoms with Gasteiger partial charge in [-0.3, -0.25) is 9.89 Å². The van der Waals surface area contributed by atoms with Gasteiger partial charge in [0.15, 0.2) is 17.5 Å². The number of rotatable bonds is 4. The maximum absolute atomic E-state index is 13.5. The first-order valence-electron chi connectivity index (χ1n) is 6.02. The average Bonchev–Trinajstić information content (AvgIpc) is 2.80. The van der Waals surface area contributed by atoms with Gasteiger partial charge in [-0.1, -0.05) is 12.1 Å². The Morgan fingerprint density at radius 1 is 1.40 bits per heavy atom. The van der Waals surface area contributed by atoms with Gasteiger partial charge < -0.3 is 4.90 Å². The lowest BCUT2D eigenvalue weighted by Crippen LogP contribution is -2.28. The Labute approximate surface area is 114 Å². The van der Waals surface area contributed by atoms with Gasteiger partial charge in [-0.25, -0.2) is 13.8 Å². The van der Waals surface area contributed by atoms with Gasteiger partial charge >= 0.3 is 0 Å². The van der Waals surface area contributed by atoms with Gasteiger partial charge in [0.2, 0.25) is 5.91 Å². The Bertz CT molecular complexity index is 627. The molecule has 0 aliphatic heterocycles. The summed E-state index contributed by atoms with van der Waals surface area (Å²) in [5.41, 5.74) is 0.0352. The van der Waals surface area contributed by atoms with Crippen LogP contribution in [0.4, 0.5) is 8.78 Å². The number of aromatic amines is 1. The molecular formula is C13H14F2N4O. The minimum absolute atomic E-state index is 0.0352. The first kappa shape index (κ1) is 14.1. The highest BCUT2D eigenvalue weighted by atomic mass is 19.2. The Balaban J connectivity index is 2.02. The summed E-state index contributed by atoms with van der Waals surface area (Å²) in [4.78, 5) is 17.4. The number of hydrogen-bond acceptors (Lipinski definition) is 3. The molecule has 1 aromatic heterocycles. The number of amides is 1. The predicted octanol–water partition coefficient (Wildman–Crippen LogP) is 1.59. The number of hydrogen-bond donors (Lipinski definition) is 1. The third-order valence-electron chi connectivity index (χ3n) is 2.82. The number of benzene rings is 1. The van der Waals surface area contributed by atoms with Crippen LogP contribution < -0.4 is 0 Å². The van der Waals surface area contributed by atoms with Gasteiger partial charge in [0.05, 0.1) is 13.0 Å². The Kier molecular flexibility index (Phi) is 4.07. The van der Waals surface area contributed by atoms with E-state index in [4.69, 9.17) is 0 Å². The van der Waals surface area contributed by atoms with Crippen LogP contribution in [0.25, 0.3) is 0 Å². The highest BCUT2D eigenvalue weighted by Crippen LogP contribution is 2.13. The molecule has 0 atom stereocenters. The summed E-state index contributed by atoms with van der Waals surface area (Å²) in [6.07, 6.45) is -0.205. The smallest absolute Gasteiger partial charge is 0.227 e. The molecule has 5 nitrogen and oxygen atoms in total. The average molecular weight is 280 g/mol. The quantitative estimate of drug-likeness (QED) is 0.925. The lowest BCUT2D eigenvalue weighted by Gasteiger charge is -2.15. The summed E-state index contributed by atoms with van der Waals surface area (Å²) in [6.45, 7) is 1.96. The minimum Gasteiger partial charge on any atom is -0.338 e. The summed E-state index contributed by atoms with van der Waals surface area (Å²) in [6, 6.07) is 3.78. The molecule has 1 N–H and O–H groups in total. The van der Waals surface area contributed by atoms with Crippen LogP contribution in [0, 0.1) is 18.6 Å². The maximum Gasteiger partial charge on any atom is 0.227 e. The number of aromatic nitrogens is 3. The van der Waals surface area contributed by atoms with Gasteiger partial charge in [0.1, 0.15) is 5.82 Å². The van der Waals surface area contributed by atoms with E-state index < -0.39 is 11.6 Å². The van der Waals surface area contributed by atoms with E-state index >= 15 is 0 Å². The van der Waals surface area contributed by atoms with E-state index in [1.54, 1.807) is 14.0 Å². The Morgan fingerprint density at radius 3 is 2.80 bits per heavy atom. The number of nitrogens with zero attached hydrogens (tertiary/aromatic N) is 3. The molecule has 1 aromatic carbocycles. The highest BCUT2D eigenvalue weighted by Gasteiger charge is 2.16. The van der Waals surface area contributed by atoms with Crippen molar-refractivity contribution in [3.8, 4) is 0 Å². The van der Waals surface area contributed by atoms with Crippen LogP contribution in [-0.4, -0.2) is 33.0 Å². The number of halogens is 2. The van der Waals surface area contributed by atoms with Crippen LogP contribution in [0.15, 0.2) is 18.2 Å². The third-order valence-corrected chi connectivity index (χ3v) is 2.82. The monoisotopic (exact) mass is 280 g/mol. The fourth-order valence-corrected chi connectivity index (χ4v) is 1.74. The fraction of sp³-hybridized carbons (Fsp3) is 0.308. The molecule has 2 aromatic rings. The molecule has 1 heterocycles. The van der Waals surface area contributed by atoms with E-state index in [-0.39, 0.29) is 24.4 Å². The Morgan fingerprint density at radius 2 is 2.15 bits per heavy atom. The van der Waals surface area contributed by atoms with Gasteiger partial charge in [-0.2, -0.15) is 5.10 Å². The molecular weight excluding hydrogens is 266 g/mol. The van der Waals surface area contributed by atoms with Gasteiger partial charge in [-0.05, 0) is 13.0 Å². The largest absolute Gasteiger partial charge is 0.338 e. The third kappa shape index (κ3) is 3.17. The topological polar surface area (TPSA) is 61.9 Å². The van der Waals surface area contributed by atoms with Crippen LogP contribution >= 0.6 is 0 Å². The number of carbonyl (C=O) groups excluding carboxylic acids is 1. The van der Waals surface area contributed by atoms with Crippen molar-refractivity contribution in [2.75, 3.05) is 7.05 Å². The summed E-state index contributed by atoms with van der Waals surface area (Å²) in [5.74, 6) is -1.16. The summed E-state index contributed by atoms with van der Waals surface area (Å²) in [5, 5.41) is 6.58. The van der Waals surface area contributed by atoms with Gasteiger partial charge in [0.25, 0.3) is 0 Å². The van der Waals surface area contributed by atoms with Crippen molar-refractivity contribution < 1.29 is 13.6 Å². The van der Waals surface area contributed by atoms with E-state index in [0.717, 1.165) is 6.07 Å². The maximum atomic E-state index is 13.5. The van der Waals surface area contributed by atoms with Gasteiger partial charge in [-0.15, -0.1) is 0 Å². The molecule has 0 unspecified atom stereocenters. The van der Waals surface area contributed by atoms with E-state index in [1.807, 2.05) is 0 Å². The van der Waals surface area contributed by atoms with Gasteiger partial charge in [0, 0.05) is 12.6 Å². The SMILES string of the molecule is Cc1nc(CN(C)C(=O)Cc2cccc(F)c2F)n[nH]1. The lowest BCUT2D eigenvalue weighted by molar-refractivity contribution is -0.129. The molecule has 1 amide bonds. The molecule has 0 fully saturated rings. The van der Waals surface area contributed by atoms with Crippen molar-refractivity contribution >= 4 is 5.91 Å². The Hall–Kier alpha value is -2.31. The van der Waals surface area contributed by atoms with E-state index in [2.05, 4.69) is 15.2 Å². The summed E-state index contributed by atoms with van der Waals surface area (Å²) < 4.78 is 26.5. The molecule has 2 rings (SSSR count). The lowest BCUT2D eigenvalue weighted by atomic mass is 10.1. The molecule has 106 valence electrons. The van der Waals surface area contributed by atoms with Crippen molar-refractivity contribution in [2.45, 2.75) is 19.9 Å². The second-order valence-corrected chi connectivity index (χ2v) is 4.48. The first-order valence-corrected chi connectivity index (χ1v) is 6.02. The molecule has 0 aliphatic rings. The molecule has 7 heteroatoms. The number of aryl methyl sites for hydroxylation is 1. The number of H-pyrrole nitrogens is 1. The van der Waals surface area contributed by atoms with Crippen molar-refractivity contribution in [3.05, 3.63) is 47.0 Å². The number of nitrogens with one attached hydrogen (secondary N) is 1. The summed E-state index contributed by atoms with van der Waals surface area (Å²) in [7, 11) is 1.56. The second-order valence-electron chi connectivity index (χ2n) is 4.48.